The lowest BCUT2D eigenvalue weighted by Crippen LogP contribution is -2.47. The second-order valence-corrected chi connectivity index (χ2v) is 9.61. The lowest BCUT2D eigenvalue weighted by molar-refractivity contribution is -0.177. The van der Waals surface area contributed by atoms with Crippen LogP contribution in [0.5, 0.6) is 0 Å². The topological polar surface area (TPSA) is 102 Å². The van der Waals surface area contributed by atoms with Crippen molar-refractivity contribution in [2.45, 2.75) is 51.1 Å². The number of hydrogen-bond donors (Lipinski definition) is 2. The molecule has 0 fully saturated rings. The SMILES string of the molecule is C[C@@H](C[C@H](C(N)=O)[C@@H](CCC(F)(F)F)C(=O)N[C@H]1N=C(c2ccccc2)c2cccc(F)c2CC1=O)C(F)(F)F. The van der Waals surface area contributed by atoms with Crippen LogP contribution in [0.15, 0.2) is 53.5 Å². The third-order valence-corrected chi connectivity index (χ3v) is 6.71. The molecule has 1 heterocycles. The number of primary amides is 1. The van der Waals surface area contributed by atoms with Gasteiger partial charge in [0.05, 0.1) is 11.6 Å². The van der Waals surface area contributed by atoms with Crippen LogP contribution in [0.2, 0.25) is 0 Å². The molecule has 3 rings (SSSR count). The van der Waals surface area contributed by atoms with E-state index in [2.05, 4.69) is 10.3 Å². The Balaban J connectivity index is 2.01. The van der Waals surface area contributed by atoms with Crippen molar-refractivity contribution in [3.05, 3.63) is 71.0 Å². The Bertz CT molecular complexity index is 1280. The van der Waals surface area contributed by atoms with E-state index < -0.39 is 85.4 Å². The molecule has 3 N–H and O–H groups in total. The van der Waals surface area contributed by atoms with Gasteiger partial charge in [-0.1, -0.05) is 49.4 Å². The minimum atomic E-state index is -4.80. The highest BCUT2D eigenvalue weighted by molar-refractivity contribution is 6.16. The Morgan fingerprint density at radius 3 is 2.25 bits per heavy atom. The highest BCUT2D eigenvalue weighted by atomic mass is 19.4. The van der Waals surface area contributed by atoms with E-state index in [1.165, 1.54) is 12.1 Å². The first-order chi connectivity index (χ1) is 18.6. The zero-order chi connectivity index (χ0) is 29.8. The molecular formula is C27H26F7N3O3. The average molecular weight is 574 g/mol. The van der Waals surface area contributed by atoms with Gasteiger partial charge in [-0.15, -0.1) is 0 Å². The first-order valence-electron chi connectivity index (χ1n) is 12.2. The van der Waals surface area contributed by atoms with Crippen LogP contribution in [0, 0.1) is 23.6 Å². The number of benzene rings is 2. The molecule has 40 heavy (non-hydrogen) atoms. The summed E-state index contributed by atoms with van der Waals surface area (Å²) in [6, 6.07) is 12.2. The number of alkyl halides is 6. The lowest BCUT2D eigenvalue weighted by atomic mass is 9.80. The number of nitrogens with zero attached hydrogens (tertiary/aromatic N) is 1. The van der Waals surface area contributed by atoms with Crippen molar-refractivity contribution in [3.63, 3.8) is 0 Å². The largest absolute Gasteiger partial charge is 0.391 e. The summed E-state index contributed by atoms with van der Waals surface area (Å²) in [6.45, 7) is 0.714. The van der Waals surface area contributed by atoms with Crippen molar-refractivity contribution in [1.82, 2.24) is 5.32 Å². The number of carbonyl (C=O) groups excluding carboxylic acids is 3. The minimum absolute atomic E-state index is 0.0190. The summed E-state index contributed by atoms with van der Waals surface area (Å²) in [6.07, 6.45) is -15.6. The Kier molecular flexibility index (Phi) is 9.36. The van der Waals surface area contributed by atoms with Crippen LogP contribution < -0.4 is 11.1 Å². The van der Waals surface area contributed by atoms with Gasteiger partial charge in [-0.2, -0.15) is 26.3 Å². The highest BCUT2D eigenvalue weighted by Gasteiger charge is 2.44. The van der Waals surface area contributed by atoms with Gasteiger partial charge in [0, 0.05) is 41.4 Å². The number of carbonyl (C=O) groups is 3. The summed E-state index contributed by atoms with van der Waals surface area (Å²) in [4.78, 5) is 42.8. The lowest BCUT2D eigenvalue weighted by Gasteiger charge is -2.28. The molecule has 2 aromatic carbocycles. The van der Waals surface area contributed by atoms with Crippen LogP contribution >= 0.6 is 0 Å². The van der Waals surface area contributed by atoms with Crippen LogP contribution in [-0.4, -0.2) is 41.8 Å². The molecule has 0 radical (unpaired) electrons. The molecule has 0 aromatic heterocycles. The molecule has 1 aliphatic heterocycles. The molecule has 1 aliphatic rings. The molecule has 6 nitrogen and oxygen atoms in total. The fraction of sp³-hybridized carbons (Fsp3) is 0.407. The van der Waals surface area contributed by atoms with Crippen molar-refractivity contribution in [2.75, 3.05) is 0 Å². The van der Waals surface area contributed by atoms with E-state index in [0.29, 0.717) is 12.5 Å². The number of fused-ring (bicyclic) bond motifs is 1. The number of amides is 2. The zero-order valence-corrected chi connectivity index (χ0v) is 21.2. The summed E-state index contributed by atoms with van der Waals surface area (Å²) < 4.78 is 93.6. The second kappa shape index (κ2) is 12.2. The molecule has 0 aliphatic carbocycles. The molecular weight excluding hydrogens is 547 g/mol. The Hall–Kier alpha value is -3.77. The predicted molar refractivity (Wildman–Crippen MR) is 130 cm³/mol. The molecule has 0 saturated heterocycles. The minimum Gasteiger partial charge on any atom is -0.369 e. The molecule has 216 valence electrons. The average Bonchev–Trinajstić information content (AvgIpc) is 2.99. The van der Waals surface area contributed by atoms with Crippen LogP contribution in [0.25, 0.3) is 0 Å². The quantitative estimate of drug-likeness (QED) is 0.418. The fourth-order valence-corrected chi connectivity index (χ4v) is 4.51. The van der Waals surface area contributed by atoms with Crippen molar-refractivity contribution in [1.29, 1.82) is 0 Å². The number of rotatable bonds is 9. The predicted octanol–water partition coefficient (Wildman–Crippen LogP) is 4.88. The molecule has 13 heteroatoms. The Labute approximate surface area is 224 Å². The van der Waals surface area contributed by atoms with E-state index in [1.54, 1.807) is 30.3 Å². The van der Waals surface area contributed by atoms with Crippen molar-refractivity contribution in [3.8, 4) is 0 Å². The monoisotopic (exact) mass is 573 g/mol. The van der Waals surface area contributed by atoms with Crippen LogP contribution in [0.3, 0.4) is 0 Å². The van der Waals surface area contributed by atoms with Gasteiger partial charge in [-0.3, -0.25) is 19.4 Å². The van der Waals surface area contributed by atoms with Crippen molar-refractivity contribution >= 4 is 23.3 Å². The van der Waals surface area contributed by atoms with Gasteiger partial charge < -0.3 is 11.1 Å². The summed E-state index contributed by atoms with van der Waals surface area (Å²) in [7, 11) is 0. The van der Waals surface area contributed by atoms with Crippen LogP contribution in [-0.2, 0) is 20.8 Å². The summed E-state index contributed by atoms with van der Waals surface area (Å²) in [5, 5.41) is 2.19. The standard InChI is InChI=1S/C27H26F7N3O3/c1-14(27(32,33)34)12-19(23(35)39)17(10-11-26(29,30)31)25(40)37-24-21(38)13-18-16(8-5-9-20(18)28)22(36-24)15-6-3-2-4-7-15/h2-9,14,17,19,24H,10-13H2,1H3,(H2,35,39)(H,37,40)/t14-,17+,19-,24+/m0/s1. The number of nitrogens with one attached hydrogen (secondary N) is 1. The van der Waals surface area contributed by atoms with E-state index in [9.17, 15) is 45.1 Å². The smallest absolute Gasteiger partial charge is 0.369 e. The number of aliphatic imine (C=N–C) groups is 1. The van der Waals surface area contributed by atoms with E-state index >= 15 is 0 Å². The maximum atomic E-state index is 14.7. The molecule has 0 bridgehead atoms. The number of halogens is 7. The van der Waals surface area contributed by atoms with E-state index in [-0.39, 0.29) is 16.8 Å². The molecule has 0 saturated carbocycles. The summed E-state index contributed by atoms with van der Waals surface area (Å²) in [5.41, 5.74) is 6.03. The summed E-state index contributed by atoms with van der Waals surface area (Å²) in [5.74, 6) is -10.3. The molecule has 2 amide bonds. The number of Topliss-reactive ketones (excluding diaryl/α,β-unsaturated/α-hetero) is 1. The van der Waals surface area contributed by atoms with Gasteiger partial charge >= 0.3 is 12.4 Å². The van der Waals surface area contributed by atoms with Crippen molar-refractivity contribution in [2.24, 2.45) is 28.5 Å². The van der Waals surface area contributed by atoms with Gasteiger partial charge in [0.25, 0.3) is 0 Å². The van der Waals surface area contributed by atoms with Gasteiger partial charge in [-0.05, 0) is 18.9 Å². The third kappa shape index (κ3) is 7.66. The number of nitrogens with two attached hydrogens (primary N) is 1. The van der Waals surface area contributed by atoms with Gasteiger partial charge in [-0.25, -0.2) is 4.39 Å². The van der Waals surface area contributed by atoms with E-state index in [0.717, 1.165) is 6.07 Å². The molecule has 0 unspecified atom stereocenters. The number of ketones is 1. The second-order valence-electron chi connectivity index (χ2n) is 9.61. The molecule has 4 atom stereocenters. The summed E-state index contributed by atoms with van der Waals surface area (Å²) >= 11 is 0. The van der Waals surface area contributed by atoms with Crippen molar-refractivity contribution < 1.29 is 45.1 Å². The maximum absolute atomic E-state index is 14.7. The van der Waals surface area contributed by atoms with Gasteiger partial charge in [0.1, 0.15) is 5.82 Å². The van der Waals surface area contributed by atoms with Gasteiger partial charge in [0.2, 0.25) is 11.8 Å². The highest BCUT2D eigenvalue weighted by Crippen LogP contribution is 2.36. The van der Waals surface area contributed by atoms with E-state index in [1.807, 2.05) is 0 Å². The normalized spacial score (nSPS) is 18.1. The Morgan fingerprint density at radius 2 is 1.68 bits per heavy atom. The molecule has 2 aromatic rings. The fourth-order valence-electron chi connectivity index (χ4n) is 4.51. The first-order valence-corrected chi connectivity index (χ1v) is 12.2. The van der Waals surface area contributed by atoms with Crippen LogP contribution in [0.1, 0.15) is 42.9 Å². The van der Waals surface area contributed by atoms with E-state index in [4.69, 9.17) is 5.73 Å². The Morgan fingerprint density at radius 1 is 1.02 bits per heavy atom. The maximum Gasteiger partial charge on any atom is 0.391 e. The third-order valence-electron chi connectivity index (χ3n) is 6.71. The molecule has 0 spiro atoms. The number of hydrogen-bond acceptors (Lipinski definition) is 4. The first kappa shape index (κ1) is 30.8. The van der Waals surface area contributed by atoms with Gasteiger partial charge in [0.15, 0.2) is 11.9 Å². The zero-order valence-electron chi connectivity index (χ0n) is 21.2. The van der Waals surface area contributed by atoms with Crippen LogP contribution in [0.4, 0.5) is 30.7 Å².